The monoisotopic (exact) mass is 772 g/mol. The topological polar surface area (TPSA) is 131 Å². The Labute approximate surface area is 324 Å². The molecule has 0 aromatic carbocycles. The maximum Gasteiger partial charge on any atom is 0.306 e. The summed E-state index contributed by atoms with van der Waals surface area (Å²) in [5.41, 5.74) is 0. The predicted octanol–water partition coefficient (Wildman–Crippen LogP) is 9.69. The summed E-state index contributed by atoms with van der Waals surface area (Å²) < 4.78 is 33.8. The summed E-state index contributed by atoms with van der Waals surface area (Å²) in [5, 5.41) is 9.87. The predicted molar refractivity (Wildman–Crippen MR) is 214 cm³/mol. The number of allylic oxidation sites excluding steroid dienone is 4. The van der Waals surface area contributed by atoms with Crippen molar-refractivity contribution in [3.8, 4) is 0 Å². The Morgan fingerprint density at radius 1 is 0.698 bits per heavy atom. The van der Waals surface area contributed by atoms with Gasteiger partial charge in [0, 0.05) is 12.8 Å². The Balaban J connectivity index is 4.46. The van der Waals surface area contributed by atoms with Crippen LogP contribution in [0, 0.1) is 0 Å². The van der Waals surface area contributed by atoms with E-state index in [4.69, 9.17) is 18.5 Å². The van der Waals surface area contributed by atoms with Crippen LogP contribution in [0.15, 0.2) is 36.5 Å². The van der Waals surface area contributed by atoms with Gasteiger partial charge in [0.05, 0.1) is 33.9 Å². The van der Waals surface area contributed by atoms with E-state index in [2.05, 4.69) is 19.9 Å². The smallest absolute Gasteiger partial charge is 0.306 e. The summed E-state index contributed by atoms with van der Waals surface area (Å²) in [6, 6.07) is 0. The standard InChI is InChI=1S/C42H78NO9P/c1-6-8-10-11-12-13-14-15-16-19-22-25-29-33-41(45)49-37-40(38-51-53(47,48)50-36-35-43(3,4)5)52-42(46)34-30-26-23-20-17-18-21-24-28-32-39(44)31-27-9-7-2/h9,21,24,27-28,32,39-40,44H,6-8,10-20,22-23,25-26,29-31,33-38H2,1-5H3/b24-21+,27-9+,32-28+/t39?,40-/m1/s1. The van der Waals surface area contributed by atoms with Gasteiger partial charge in [-0.25, -0.2) is 0 Å². The van der Waals surface area contributed by atoms with Gasteiger partial charge in [0.15, 0.2) is 6.10 Å². The lowest BCUT2D eigenvalue weighted by atomic mass is 10.0. The number of unbranched alkanes of at least 4 members (excludes halogenated alkanes) is 17. The zero-order valence-electron chi connectivity index (χ0n) is 34.3. The summed E-state index contributed by atoms with van der Waals surface area (Å²) in [5.74, 6) is -0.887. The molecule has 3 atom stereocenters. The van der Waals surface area contributed by atoms with E-state index in [0.717, 1.165) is 57.8 Å². The van der Waals surface area contributed by atoms with Crippen molar-refractivity contribution in [1.82, 2.24) is 0 Å². The molecule has 0 aliphatic carbocycles. The summed E-state index contributed by atoms with van der Waals surface area (Å²) in [4.78, 5) is 37.4. The number of ether oxygens (including phenoxy) is 2. The molecule has 0 heterocycles. The molecular formula is C42H78NO9P. The molecule has 0 bridgehead atoms. The Kier molecular flexibility index (Phi) is 33.5. The summed E-state index contributed by atoms with van der Waals surface area (Å²) in [6.07, 6.45) is 33.5. The third kappa shape index (κ3) is 38.3. The summed E-state index contributed by atoms with van der Waals surface area (Å²) in [7, 11) is 1.12. The largest absolute Gasteiger partial charge is 0.756 e. The SMILES string of the molecule is CC/C=C/CC(O)/C=C/C=C/CCCCCCCC(=O)O[C@H](COC(=O)CCCCCCCCCCCCCCC)COP(=O)([O-])OCC[N+](C)(C)C. The normalized spacial score (nSPS) is 14.6. The van der Waals surface area contributed by atoms with Crippen molar-refractivity contribution in [2.45, 2.75) is 174 Å². The van der Waals surface area contributed by atoms with Gasteiger partial charge in [-0.15, -0.1) is 0 Å². The van der Waals surface area contributed by atoms with Crippen molar-refractivity contribution in [2.24, 2.45) is 0 Å². The number of phosphoric acid groups is 1. The molecule has 0 aliphatic heterocycles. The third-order valence-corrected chi connectivity index (χ3v) is 9.72. The zero-order valence-corrected chi connectivity index (χ0v) is 35.2. The fraction of sp³-hybridized carbons (Fsp3) is 0.810. The molecule has 0 rings (SSSR count). The van der Waals surface area contributed by atoms with Crippen molar-refractivity contribution in [3.05, 3.63) is 36.5 Å². The highest BCUT2D eigenvalue weighted by atomic mass is 31.2. The van der Waals surface area contributed by atoms with Gasteiger partial charge in [0.2, 0.25) is 0 Å². The average molecular weight is 772 g/mol. The van der Waals surface area contributed by atoms with E-state index in [1.807, 2.05) is 45.4 Å². The van der Waals surface area contributed by atoms with Gasteiger partial charge in [-0.05, 0) is 38.5 Å². The molecule has 0 fully saturated rings. The van der Waals surface area contributed by atoms with E-state index in [1.54, 1.807) is 6.08 Å². The van der Waals surface area contributed by atoms with Crippen LogP contribution in [0.5, 0.6) is 0 Å². The van der Waals surface area contributed by atoms with Gasteiger partial charge < -0.3 is 33.0 Å². The number of phosphoric ester groups is 1. The zero-order chi connectivity index (χ0) is 39.5. The van der Waals surface area contributed by atoms with Crippen LogP contribution in [0.3, 0.4) is 0 Å². The highest BCUT2D eigenvalue weighted by Crippen LogP contribution is 2.38. The maximum atomic E-state index is 12.6. The van der Waals surface area contributed by atoms with E-state index in [-0.39, 0.29) is 26.1 Å². The number of nitrogens with zero attached hydrogens (tertiary/aromatic N) is 1. The van der Waals surface area contributed by atoms with Crippen molar-refractivity contribution < 1.29 is 47.2 Å². The minimum absolute atomic E-state index is 0.0441. The molecular weight excluding hydrogens is 693 g/mol. The number of aliphatic hydroxyl groups excluding tert-OH is 1. The van der Waals surface area contributed by atoms with Gasteiger partial charge >= 0.3 is 11.9 Å². The minimum atomic E-state index is -4.64. The molecule has 2 unspecified atom stereocenters. The van der Waals surface area contributed by atoms with Crippen LogP contribution in [-0.2, 0) is 32.7 Å². The second-order valence-corrected chi connectivity index (χ2v) is 16.6. The molecule has 11 heteroatoms. The molecule has 1 N–H and O–H groups in total. The Morgan fingerprint density at radius 2 is 1.25 bits per heavy atom. The first-order valence-corrected chi connectivity index (χ1v) is 22.3. The minimum Gasteiger partial charge on any atom is -0.756 e. The second-order valence-electron chi connectivity index (χ2n) is 15.2. The molecule has 53 heavy (non-hydrogen) atoms. The first kappa shape index (κ1) is 51.2. The van der Waals surface area contributed by atoms with Crippen LogP contribution in [0.2, 0.25) is 0 Å². The number of aliphatic hydroxyl groups is 1. The second kappa shape index (κ2) is 34.7. The van der Waals surface area contributed by atoms with E-state index in [1.165, 1.54) is 64.2 Å². The van der Waals surface area contributed by atoms with E-state index < -0.39 is 38.6 Å². The van der Waals surface area contributed by atoms with Gasteiger partial charge in [-0.1, -0.05) is 147 Å². The number of carbonyl (C=O) groups excluding carboxylic acids is 2. The van der Waals surface area contributed by atoms with Crippen molar-refractivity contribution >= 4 is 19.8 Å². The molecule has 0 saturated heterocycles. The molecule has 0 saturated carbocycles. The average Bonchev–Trinajstić information content (AvgIpc) is 3.09. The fourth-order valence-electron chi connectivity index (χ4n) is 5.45. The number of rotatable bonds is 37. The van der Waals surface area contributed by atoms with Gasteiger partial charge in [-0.3, -0.25) is 14.2 Å². The van der Waals surface area contributed by atoms with E-state index in [0.29, 0.717) is 23.9 Å². The van der Waals surface area contributed by atoms with Crippen LogP contribution in [-0.4, -0.2) is 81.2 Å². The van der Waals surface area contributed by atoms with E-state index >= 15 is 0 Å². The number of esters is 2. The van der Waals surface area contributed by atoms with Gasteiger partial charge in [-0.2, -0.15) is 0 Å². The van der Waals surface area contributed by atoms with Crippen molar-refractivity contribution in [1.29, 1.82) is 0 Å². The molecule has 310 valence electrons. The van der Waals surface area contributed by atoms with Gasteiger partial charge in [0.25, 0.3) is 7.82 Å². The van der Waals surface area contributed by atoms with Crippen LogP contribution in [0.1, 0.15) is 162 Å². The number of likely N-dealkylation sites (N-methyl/N-ethyl adjacent to an activating group) is 1. The first-order chi connectivity index (χ1) is 25.4. The maximum absolute atomic E-state index is 12.6. The molecule has 10 nitrogen and oxygen atoms in total. The van der Waals surface area contributed by atoms with E-state index in [9.17, 15) is 24.2 Å². The fourth-order valence-corrected chi connectivity index (χ4v) is 6.18. The summed E-state index contributed by atoms with van der Waals surface area (Å²) >= 11 is 0. The van der Waals surface area contributed by atoms with Crippen LogP contribution >= 0.6 is 7.82 Å². The van der Waals surface area contributed by atoms with Crippen molar-refractivity contribution in [2.75, 3.05) is 47.5 Å². The van der Waals surface area contributed by atoms with Crippen LogP contribution in [0.25, 0.3) is 0 Å². The lowest BCUT2D eigenvalue weighted by molar-refractivity contribution is -0.870. The Bertz CT molecular complexity index is 1020. The lowest BCUT2D eigenvalue weighted by Crippen LogP contribution is -2.37. The number of hydrogen-bond donors (Lipinski definition) is 1. The molecule has 0 radical (unpaired) electrons. The molecule has 0 spiro atoms. The number of quaternary nitrogens is 1. The number of carbonyl (C=O) groups is 2. The Hall–Kier alpha value is -1.81. The number of hydrogen-bond acceptors (Lipinski definition) is 9. The highest BCUT2D eigenvalue weighted by molar-refractivity contribution is 7.45. The van der Waals surface area contributed by atoms with Crippen LogP contribution in [0.4, 0.5) is 0 Å². The highest BCUT2D eigenvalue weighted by Gasteiger charge is 2.21. The third-order valence-electron chi connectivity index (χ3n) is 8.75. The van der Waals surface area contributed by atoms with Gasteiger partial charge in [0.1, 0.15) is 19.8 Å². The van der Waals surface area contributed by atoms with Crippen molar-refractivity contribution in [3.63, 3.8) is 0 Å². The lowest BCUT2D eigenvalue weighted by Gasteiger charge is -2.28. The molecule has 0 aromatic rings. The summed E-state index contributed by atoms with van der Waals surface area (Å²) in [6.45, 7) is 3.96. The molecule has 0 aliphatic rings. The molecule has 0 aromatic heterocycles. The van der Waals surface area contributed by atoms with Crippen LogP contribution < -0.4 is 4.89 Å². The molecule has 0 amide bonds. The Morgan fingerprint density at radius 3 is 1.81 bits per heavy atom. The quantitative estimate of drug-likeness (QED) is 0.0164. The first-order valence-electron chi connectivity index (χ1n) is 20.8.